The molecule has 0 saturated heterocycles. The van der Waals surface area contributed by atoms with Crippen LogP contribution in [0.15, 0.2) is 24.3 Å². The largest absolute Gasteiger partial charge is 0.479 e. The fraction of sp³-hybridized carbons (Fsp3) is 0.500. The minimum Gasteiger partial charge on any atom is -0.479 e. The van der Waals surface area contributed by atoms with E-state index in [2.05, 4.69) is 6.07 Å². The van der Waals surface area contributed by atoms with E-state index < -0.39 is 17.5 Å². The van der Waals surface area contributed by atoms with Crippen LogP contribution in [-0.2, 0) is 10.2 Å². The molecule has 17 heavy (non-hydrogen) atoms. The van der Waals surface area contributed by atoms with Crippen molar-refractivity contribution in [2.24, 2.45) is 0 Å². The van der Waals surface area contributed by atoms with Crippen molar-refractivity contribution >= 4 is 5.97 Å². The van der Waals surface area contributed by atoms with Gasteiger partial charge in [0, 0.05) is 5.41 Å². The SMILES string of the molecule is CC(C)(c1cccc(C2CC2)c1)C(O)C(=O)O. The van der Waals surface area contributed by atoms with E-state index in [-0.39, 0.29) is 0 Å². The highest BCUT2D eigenvalue weighted by molar-refractivity contribution is 5.74. The molecule has 0 aromatic heterocycles. The Labute approximate surface area is 101 Å². The molecular formula is C14H18O3. The molecule has 0 radical (unpaired) electrons. The van der Waals surface area contributed by atoms with E-state index in [1.54, 1.807) is 13.8 Å². The third kappa shape index (κ3) is 2.34. The first-order valence-corrected chi connectivity index (χ1v) is 5.94. The summed E-state index contributed by atoms with van der Waals surface area (Å²) in [6.07, 6.45) is 1.05. The average molecular weight is 234 g/mol. The lowest BCUT2D eigenvalue weighted by molar-refractivity contribution is -0.150. The zero-order valence-electron chi connectivity index (χ0n) is 10.2. The first-order chi connectivity index (χ1) is 7.93. The molecule has 0 bridgehead atoms. The van der Waals surface area contributed by atoms with Crippen LogP contribution in [0.5, 0.6) is 0 Å². The van der Waals surface area contributed by atoms with Crippen molar-refractivity contribution in [1.82, 2.24) is 0 Å². The van der Waals surface area contributed by atoms with Crippen LogP contribution in [0.4, 0.5) is 0 Å². The van der Waals surface area contributed by atoms with Crippen molar-refractivity contribution < 1.29 is 15.0 Å². The molecule has 0 heterocycles. The number of aliphatic hydroxyl groups excluding tert-OH is 1. The number of carboxylic acids is 1. The highest BCUT2D eigenvalue weighted by atomic mass is 16.4. The summed E-state index contributed by atoms with van der Waals surface area (Å²) in [4.78, 5) is 10.9. The number of carbonyl (C=O) groups is 1. The predicted octanol–water partition coefficient (Wildman–Crippen LogP) is 2.29. The number of rotatable bonds is 4. The fourth-order valence-electron chi connectivity index (χ4n) is 2.08. The first kappa shape index (κ1) is 12.1. The van der Waals surface area contributed by atoms with Crippen molar-refractivity contribution in [3.63, 3.8) is 0 Å². The number of carboxylic acid groups (broad SMARTS) is 1. The summed E-state index contributed by atoms with van der Waals surface area (Å²) in [6, 6.07) is 7.94. The molecule has 1 saturated carbocycles. The minimum absolute atomic E-state index is 0.632. The number of hydrogen-bond donors (Lipinski definition) is 2. The lowest BCUT2D eigenvalue weighted by Crippen LogP contribution is -2.39. The molecule has 1 unspecified atom stereocenters. The van der Waals surface area contributed by atoms with Gasteiger partial charge in [0.15, 0.2) is 6.10 Å². The van der Waals surface area contributed by atoms with Crippen molar-refractivity contribution in [3.05, 3.63) is 35.4 Å². The van der Waals surface area contributed by atoms with Crippen LogP contribution in [0.3, 0.4) is 0 Å². The Kier molecular flexibility index (Phi) is 2.96. The van der Waals surface area contributed by atoms with Crippen LogP contribution in [0, 0.1) is 0 Å². The molecule has 2 N–H and O–H groups in total. The van der Waals surface area contributed by atoms with Crippen molar-refractivity contribution in [2.75, 3.05) is 0 Å². The van der Waals surface area contributed by atoms with Gasteiger partial charge in [0.1, 0.15) is 0 Å². The van der Waals surface area contributed by atoms with E-state index in [4.69, 9.17) is 5.11 Å². The average Bonchev–Trinajstić information content (AvgIpc) is 3.12. The fourth-order valence-corrected chi connectivity index (χ4v) is 2.08. The maximum atomic E-state index is 10.9. The van der Waals surface area contributed by atoms with Crippen LogP contribution in [0.2, 0.25) is 0 Å². The predicted molar refractivity (Wildman–Crippen MR) is 65.1 cm³/mol. The van der Waals surface area contributed by atoms with Gasteiger partial charge in [0.25, 0.3) is 0 Å². The van der Waals surface area contributed by atoms with E-state index in [1.807, 2.05) is 18.2 Å². The Balaban J connectivity index is 2.31. The number of benzene rings is 1. The van der Waals surface area contributed by atoms with Gasteiger partial charge in [0.2, 0.25) is 0 Å². The van der Waals surface area contributed by atoms with Gasteiger partial charge in [-0.1, -0.05) is 38.1 Å². The Morgan fingerprint density at radius 2 is 2.06 bits per heavy atom. The Bertz CT molecular complexity index is 433. The smallest absolute Gasteiger partial charge is 0.333 e. The van der Waals surface area contributed by atoms with Gasteiger partial charge < -0.3 is 10.2 Å². The lowest BCUT2D eigenvalue weighted by Gasteiger charge is -2.28. The Morgan fingerprint density at radius 1 is 1.41 bits per heavy atom. The topological polar surface area (TPSA) is 57.5 Å². The van der Waals surface area contributed by atoms with Gasteiger partial charge in [-0.3, -0.25) is 0 Å². The third-order valence-corrected chi connectivity index (χ3v) is 3.60. The first-order valence-electron chi connectivity index (χ1n) is 5.94. The van der Waals surface area contributed by atoms with Crippen LogP contribution in [0.1, 0.15) is 43.7 Å². The van der Waals surface area contributed by atoms with Crippen molar-refractivity contribution in [2.45, 2.75) is 44.1 Å². The second-order valence-corrected chi connectivity index (χ2v) is 5.36. The van der Waals surface area contributed by atoms with Crippen LogP contribution < -0.4 is 0 Å². The van der Waals surface area contributed by atoms with Gasteiger partial charge in [0.05, 0.1) is 0 Å². The molecule has 2 rings (SSSR count). The van der Waals surface area contributed by atoms with Crippen LogP contribution >= 0.6 is 0 Å². The molecule has 1 aromatic rings. The van der Waals surface area contributed by atoms with E-state index in [0.717, 1.165) is 5.56 Å². The van der Waals surface area contributed by atoms with Gasteiger partial charge in [-0.2, -0.15) is 0 Å². The number of aliphatic hydroxyl groups is 1. The Morgan fingerprint density at radius 3 is 2.59 bits per heavy atom. The monoisotopic (exact) mass is 234 g/mol. The lowest BCUT2D eigenvalue weighted by atomic mass is 9.78. The van der Waals surface area contributed by atoms with Crippen molar-refractivity contribution in [1.29, 1.82) is 0 Å². The van der Waals surface area contributed by atoms with Gasteiger partial charge in [-0.25, -0.2) is 4.79 Å². The zero-order valence-corrected chi connectivity index (χ0v) is 10.2. The summed E-state index contributed by atoms with van der Waals surface area (Å²) in [6.45, 7) is 3.52. The van der Waals surface area contributed by atoms with E-state index in [9.17, 15) is 9.90 Å². The van der Waals surface area contributed by atoms with E-state index >= 15 is 0 Å². The maximum absolute atomic E-state index is 10.9. The van der Waals surface area contributed by atoms with Gasteiger partial charge in [-0.05, 0) is 29.9 Å². The van der Waals surface area contributed by atoms with Crippen molar-refractivity contribution in [3.8, 4) is 0 Å². The molecular weight excluding hydrogens is 216 g/mol. The summed E-state index contributed by atoms with van der Waals surface area (Å²) in [7, 11) is 0. The van der Waals surface area contributed by atoms with E-state index in [0.29, 0.717) is 5.92 Å². The quantitative estimate of drug-likeness (QED) is 0.840. The number of hydrogen-bond acceptors (Lipinski definition) is 2. The molecule has 1 aliphatic rings. The summed E-state index contributed by atoms with van der Waals surface area (Å²) >= 11 is 0. The van der Waals surface area contributed by atoms with E-state index in [1.165, 1.54) is 18.4 Å². The minimum atomic E-state index is -1.38. The zero-order chi connectivity index (χ0) is 12.6. The molecule has 0 amide bonds. The molecule has 0 aliphatic heterocycles. The molecule has 1 atom stereocenters. The molecule has 92 valence electrons. The normalized spacial score (nSPS) is 17.8. The molecule has 1 fully saturated rings. The third-order valence-electron chi connectivity index (χ3n) is 3.60. The second kappa shape index (κ2) is 4.15. The van der Waals surface area contributed by atoms with Gasteiger partial charge >= 0.3 is 5.97 Å². The standard InChI is InChI=1S/C14H18O3/c1-14(2,12(15)13(16)17)11-5-3-4-10(8-11)9-6-7-9/h3-5,8-9,12,15H,6-7H2,1-2H3,(H,16,17). The molecule has 3 nitrogen and oxygen atoms in total. The second-order valence-electron chi connectivity index (χ2n) is 5.36. The maximum Gasteiger partial charge on any atom is 0.333 e. The highest BCUT2D eigenvalue weighted by Gasteiger charge is 2.36. The highest BCUT2D eigenvalue weighted by Crippen LogP contribution is 2.41. The molecule has 0 spiro atoms. The Hall–Kier alpha value is -1.35. The summed E-state index contributed by atoms with van der Waals surface area (Å²) in [5, 5.41) is 18.7. The van der Waals surface area contributed by atoms with Crippen LogP contribution in [0.25, 0.3) is 0 Å². The molecule has 1 aliphatic carbocycles. The summed E-state index contributed by atoms with van der Waals surface area (Å²) in [5.41, 5.74) is 1.38. The van der Waals surface area contributed by atoms with Crippen LogP contribution in [-0.4, -0.2) is 22.3 Å². The number of aliphatic carboxylic acids is 1. The summed E-state index contributed by atoms with van der Waals surface area (Å²) < 4.78 is 0. The molecule has 1 aromatic carbocycles. The molecule has 3 heteroatoms. The summed E-state index contributed by atoms with van der Waals surface area (Å²) in [5.74, 6) is -0.542. The van der Waals surface area contributed by atoms with Gasteiger partial charge in [-0.15, -0.1) is 0 Å².